The standard InChI is InChI=1S/C31H26F2N2O/c32-24-16-14-23(15-17-24)20-35-21-28(26-11-5-7-13-30(26)35)27(25-10-4-6-12-29(25)33)18-31(36)34-19-22-8-2-1-3-9-22/h1-17,21,27H,18-20H2,(H,34,36)/t27-/m1/s1. The van der Waals surface area contributed by atoms with Crippen molar-refractivity contribution < 1.29 is 13.6 Å². The normalized spacial score (nSPS) is 11.9. The highest BCUT2D eigenvalue weighted by Crippen LogP contribution is 2.36. The average molecular weight is 481 g/mol. The summed E-state index contributed by atoms with van der Waals surface area (Å²) in [4.78, 5) is 13.1. The van der Waals surface area contributed by atoms with Crippen molar-refractivity contribution in [2.24, 2.45) is 0 Å². The maximum Gasteiger partial charge on any atom is 0.221 e. The third kappa shape index (κ3) is 5.20. The van der Waals surface area contributed by atoms with Gasteiger partial charge in [-0.25, -0.2) is 8.78 Å². The topological polar surface area (TPSA) is 34.0 Å². The second kappa shape index (κ2) is 10.6. The molecule has 0 saturated heterocycles. The number of nitrogens with zero attached hydrogens (tertiary/aromatic N) is 1. The van der Waals surface area contributed by atoms with E-state index in [9.17, 15) is 9.18 Å². The van der Waals surface area contributed by atoms with E-state index in [1.165, 1.54) is 18.2 Å². The van der Waals surface area contributed by atoms with Crippen LogP contribution in [-0.4, -0.2) is 10.5 Å². The highest BCUT2D eigenvalue weighted by molar-refractivity contribution is 5.86. The maximum atomic E-state index is 15.0. The van der Waals surface area contributed by atoms with Crippen LogP contribution in [0.2, 0.25) is 0 Å². The van der Waals surface area contributed by atoms with Crippen LogP contribution in [0, 0.1) is 11.6 Å². The summed E-state index contributed by atoms with van der Waals surface area (Å²) in [5.41, 5.74) is 4.29. The van der Waals surface area contributed by atoms with E-state index in [2.05, 4.69) is 9.88 Å². The number of carbonyl (C=O) groups is 1. The summed E-state index contributed by atoms with van der Waals surface area (Å²) in [6.07, 6.45) is 2.11. The Morgan fingerprint density at radius 1 is 0.750 bits per heavy atom. The molecule has 1 amide bonds. The monoisotopic (exact) mass is 480 g/mol. The molecule has 4 aromatic carbocycles. The first kappa shape index (κ1) is 23.5. The number of benzene rings is 4. The molecule has 5 heteroatoms. The smallest absolute Gasteiger partial charge is 0.221 e. The molecule has 1 heterocycles. The number of fused-ring (bicyclic) bond motifs is 1. The van der Waals surface area contributed by atoms with E-state index >= 15 is 4.39 Å². The first-order valence-corrected chi connectivity index (χ1v) is 12.0. The molecule has 180 valence electrons. The summed E-state index contributed by atoms with van der Waals surface area (Å²) in [7, 11) is 0. The number of rotatable bonds is 8. The first-order chi connectivity index (χ1) is 17.6. The number of para-hydroxylation sites is 1. The van der Waals surface area contributed by atoms with Gasteiger partial charge in [0, 0.05) is 42.5 Å². The second-order valence-electron chi connectivity index (χ2n) is 8.90. The zero-order valence-corrected chi connectivity index (χ0v) is 19.7. The van der Waals surface area contributed by atoms with Crippen molar-refractivity contribution in [1.82, 2.24) is 9.88 Å². The zero-order chi connectivity index (χ0) is 24.9. The molecule has 0 bridgehead atoms. The Hall–Kier alpha value is -4.25. The molecule has 0 spiro atoms. The third-order valence-corrected chi connectivity index (χ3v) is 6.46. The van der Waals surface area contributed by atoms with Gasteiger partial charge in [0.1, 0.15) is 11.6 Å². The molecule has 0 fully saturated rings. The number of hydrogen-bond donors (Lipinski definition) is 1. The van der Waals surface area contributed by atoms with Crippen molar-refractivity contribution in [2.45, 2.75) is 25.4 Å². The lowest BCUT2D eigenvalue weighted by Crippen LogP contribution is -2.25. The van der Waals surface area contributed by atoms with E-state index in [4.69, 9.17) is 0 Å². The third-order valence-electron chi connectivity index (χ3n) is 6.46. The quantitative estimate of drug-likeness (QED) is 0.260. The number of aromatic nitrogens is 1. The van der Waals surface area contributed by atoms with Crippen molar-refractivity contribution in [3.05, 3.63) is 143 Å². The summed E-state index contributed by atoms with van der Waals surface area (Å²) < 4.78 is 30.5. The Balaban J connectivity index is 1.50. The number of carbonyl (C=O) groups excluding carboxylic acids is 1. The number of nitrogens with one attached hydrogen (secondary N) is 1. The molecule has 36 heavy (non-hydrogen) atoms. The van der Waals surface area contributed by atoms with Crippen LogP contribution in [0.1, 0.15) is 34.6 Å². The predicted molar refractivity (Wildman–Crippen MR) is 139 cm³/mol. The van der Waals surface area contributed by atoms with Crippen LogP contribution in [0.25, 0.3) is 10.9 Å². The summed E-state index contributed by atoms with van der Waals surface area (Å²) in [6, 6.07) is 30.7. The van der Waals surface area contributed by atoms with Crippen molar-refractivity contribution >= 4 is 16.8 Å². The van der Waals surface area contributed by atoms with Gasteiger partial charge in [-0.15, -0.1) is 0 Å². The summed E-state index contributed by atoms with van der Waals surface area (Å²) in [5.74, 6) is -1.24. The van der Waals surface area contributed by atoms with Crippen LogP contribution < -0.4 is 5.32 Å². The van der Waals surface area contributed by atoms with E-state index in [1.54, 1.807) is 30.3 Å². The fourth-order valence-electron chi connectivity index (χ4n) is 4.67. The Morgan fingerprint density at radius 2 is 1.44 bits per heavy atom. The molecule has 0 unspecified atom stereocenters. The molecular weight excluding hydrogens is 454 g/mol. The first-order valence-electron chi connectivity index (χ1n) is 12.0. The van der Waals surface area contributed by atoms with Crippen LogP contribution in [0.4, 0.5) is 8.78 Å². The molecule has 0 saturated carbocycles. The molecule has 5 rings (SSSR count). The molecule has 1 atom stereocenters. The molecule has 5 aromatic rings. The lowest BCUT2D eigenvalue weighted by molar-refractivity contribution is -0.121. The molecule has 3 nitrogen and oxygen atoms in total. The van der Waals surface area contributed by atoms with Crippen LogP contribution in [0.15, 0.2) is 109 Å². The van der Waals surface area contributed by atoms with Crippen LogP contribution in [-0.2, 0) is 17.9 Å². The molecule has 1 aromatic heterocycles. The van der Waals surface area contributed by atoms with Gasteiger partial charge in [-0.2, -0.15) is 0 Å². The maximum absolute atomic E-state index is 15.0. The van der Waals surface area contributed by atoms with Gasteiger partial charge in [-0.1, -0.05) is 78.9 Å². The fraction of sp³-hybridized carbons (Fsp3) is 0.129. The van der Waals surface area contributed by atoms with Crippen LogP contribution in [0.3, 0.4) is 0 Å². The van der Waals surface area contributed by atoms with Gasteiger partial charge in [0.25, 0.3) is 0 Å². The van der Waals surface area contributed by atoms with Gasteiger partial charge in [-0.05, 0) is 46.5 Å². The predicted octanol–water partition coefficient (Wildman–Crippen LogP) is 6.81. The van der Waals surface area contributed by atoms with Gasteiger partial charge < -0.3 is 9.88 Å². The minimum Gasteiger partial charge on any atom is -0.352 e. The molecule has 0 aliphatic heterocycles. The largest absolute Gasteiger partial charge is 0.352 e. The van der Waals surface area contributed by atoms with Gasteiger partial charge in [-0.3, -0.25) is 4.79 Å². The zero-order valence-electron chi connectivity index (χ0n) is 19.7. The van der Waals surface area contributed by atoms with E-state index in [0.29, 0.717) is 18.7 Å². The number of halogens is 2. The Bertz CT molecular complexity index is 1480. The molecule has 0 aliphatic rings. The van der Waals surface area contributed by atoms with E-state index < -0.39 is 5.92 Å². The average Bonchev–Trinajstić information content (AvgIpc) is 3.26. The summed E-state index contributed by atoms with van der Waals surface area (Å²) in [6.45, 7) is 0.945. The summed E-state index contributed by atoms with van der Waals surface area (Å²) >= 11 is 0. The van der Waals surface area contributed by atoms with Crippen LogP contribution in [0.5, 0.6) is 0 Å². The van der Waals surface area contributed by atoms with E-state index in [1.807, 2.05) is 60.8 Å². The van der Waals surface area contributed by atoms with Crippen molar-refractivity contribution in [3.8, 4) is 0 Å². The van der Waals surface area contributed by atoms with E-state index in [0.717, 1.165) is 27.6 Å². The fourth-order valence-corrected chi connectivity index (χ4v) is 4.67. The van der Waals surface area contributed by atoms with Crippen molar-refractivity contribution in [1.29, 1.82) is 0 Å². The van der Waals surface area contributed by atoms with Gasteiger partial charge in [0.15, 0.2) is 0 Å². The lowest BCUT2D eigenvalue weighted by Gasteiger charge is -2.18. The van der Waals surface area contributed by atoms with Gasteiger partial charge in [0.05, 0.1) is 0 Å². The Morgan fingerprint density at radius 3 is 2.22 bits per heavy atom. The molecular formula is C31H26F2N2O. The molecule has 1 N–H and O–H groups in total. The SMILES string of the molecule is O=C(C[C@H](c1ccccc1F)c1cn(Cc2ccc(F)cc2)c2ccccc12)NCc1ccccc1. The molecule has 0 radical (unpaired) electrons. The minimum atomic E-state index is -0.471. The Labute approximate surface area is 209 Å². The Kier molecular flexibility index (Phi) is 6.89. The van der Waals surface area contributed by atoms with Crippen molar-refractivity contribution in [3.63, 3.8) is 0 Å². The number of amides is 1. The van der Waals surface area contributed by atoms with Crippen molar-refractivity contribution in [2.75, 3.05) is 0 Å². The van der Waals surface area contributed by atoms with E-state index in [-0.39, 0.29) is 24.0 Å². The molecule has 0 aliphatic carbocycles. The highest BCUT2D eigenvalue weighted by atomic mass is 19.1. The lowest BCUT2D eigenvalue weighted by atomic mass is 9.87. The number of hydrogen-bond acceptors (Lipinski definition) is 1. The van der Waals surface area contributed by atoms with Gasteiger partial charge >= 0.3 is 0 Å². The summed E-state index contributed by atoms with van der Waals surface area (Å²) in [5, 5.41) is 3.95. The minimum absolute atomic E-state index is 0.109. The van der Waals surface area contributed by atoms with Crippen LogP contribution >= 0.6 is 0 Å². The second-order valence-corrected chi connectivity index (χ2v) is 8.90. The van der Waals surface area contributed by atoms with Gasteiger partial charge in [0.2, 0.25) is 5.91 Å². The highest BCUT2D eigenvalue weighted by Gasteiger charge is 2.25.